The monoisotopic (exact) mass is 412 g/mol. The summed E-state index contributed by atoms with van der Waals surface area (Å²) < 4.78 is 19.1. The van der Waals surface area contributed by atoms with E-state index in [9.17, 15) is 9.18 Å². The number of carbonyl (C=O) groups is 1. The minimum atomic E-state index is -0.286. The molecular weight excluding hydrogens is 391 g/mol. The molecule has 0 radical (unpaired) electrons. The van der Waals surface area contributed by atoms with Gasteiger partial charge in [-0.05, 0) is 53.6 Å². The topological polar surface area (TPSA) is 50.7 Å². The summed E-state index contributed by atoms with van der Waals surface area (Å²) in [5, 5.41) is 6.15. The van der Waals surface area contributed by atoms with E-state index in [0.29, 0.717) is 11.3 Å². The first kappa shape index (κ1) is 20.3. The Morgan fingerprint density at radius 2 is 1.81 bits per heavy atom. The van der Waals surface area contributed by atoms with Crippen LogP contribution in [0.3, 0.4) is 0 Å². The molecule has 4 nitrogen and oxygen atoms in total. The van der Waals surface area contributed by atoms with Crippen LogP contribution in [0.2, 0.25) is 0 Å². The van der Waals surface area contributed by atoms with Crippen LogP contribution in [0.5, 0.6) is 5.75 Å². The summed E-state index contributed by atoms with van der Waals surface area (Å²) in [5.74, 6) is 0.0529. The molecule has 4 aromatic carbocycles. The molecule has 0 aliphatic rings. The first-order valence-corrected chi connectivity index (χ1v) is 9.89. The van der Waals surface area contributed by atoms with E-state index in [0.717, 1.165) is 27.5 Å². The Bertz CT molecular complexity index is 1250. The van der Waals surface area contributed by atoms with Gasteiger partial charge in [0.25, 0.3) is 5.91 Å². The molecule has 4 aromatic rings. The van der Waals surface area contributed by atoms with Gasteiger partial charge in [0.1, 0.15) is 18.2 Å². The van der Waals surface area contributed by atoms with Crippen LogP contribution in [0.25, 0.3) is 10.8 Å². The molecule has 0 saturated carbocycles. The molecule has 31 heavy (non-hydrogen) atoms. The molecule has 0 aliphatic carbocycles. The lowest BCUT2D eigenvalue weighted by molar-refractivity contribution is 0.0955. The van der Waals surface area contributed by atoms with Gasteiger partial charge in [-0.2, -0.15) is 5.10 Å². The van der Waals surface area contributed by atoms with E-state index < -0.39 is 0 Å². The Hall–Kier alpha value is -3.99. The number of hydrazone groups is 1. The molecule has 1 amide bonds. The maximum Gasteiger partial charge on any atom is 0.271 e. The van der Waals surface area contributed by atoms with Crippen LogP contribution < -0.4 is 10.2 Å². The molecular formula is C26H21FN2O2. The number of aryl methyl sites for hydroxylation is 1. The van der Waals surface area contributed by atoms with Gasteiger partial charge in [0.2, 0.25) is 0 Å². The normalized spacial score (nSPS) is 11.0. The number of nitrogens with one attached hydrogen (secondary N) is 1. The van der Waals surface area contributed by atoms with Crippen molar-refractivity contribution in [3.63, 3.8) is 0 Å². The van der Waals surface area contributed by atoms with E-state index in [1.54, 1.807) is 30.5 Å². The summed E-state index contributed by atoms with van der Waals surface area (Å²) in [5.41, 5.74) is 5.73. The Labute approximate surface area is 180 Å². The first-order chi connectivity index (χ1) is 15.1. The second-order valence-corrected chi connectivity index (χ2v) is 7.18. The number of hydrogen-bond acceptors (Lipinski definition) is 3. The van der Waals surface area contributed by atoms with Gasteiger partial charge < -0.3 is 4.74 Å². The lowest BCUT2D eigenvalue weighted by Gasteiger charge is -2.12. The predicted octanol–water partition coefficient (Wildman–Crippen LogP) is 5.63. The maximum atomic E-state index is 13.1. The van der Waals surface area contributed by atoms with Crippen LogP contribution in [0, 0.1) is 12.7 Å². The van der Waals surface area contributed by atoms with E-state index in [-0.39, 0.29) is 18.3 Å². The van der Waals surface area contributed by atoms with Crippen molar-refractivity contribution in [1.82, 2.24) is 5.43 Å². The summed E-state index contributed by atoms with van der Waals surface area (Å²) in [6, 6.07) is 25.2. The highest BCUT2D eigenvalue weighted by Gasteiger charge is 2.09. The number of carbonyl (C=O) groups excluding carboxylic acids is 1. The molecule has 0 aromatic heterocycles. The molecule has 0 saturated heterocycles. The molecule has 0 spiro atoms. The molecule has 4 rings (SSSR count). The zero-order valence-corrected chi connectivity index (χ0v) is 17.0. The summed E-state index contributed by atoms with van der Waals surface area (Å²) in [6.45, 7) is 2.22. The SMILES string of the molecule is Cc1cccc(C(=O)N/N=C\c2c(OCc3ccc(F)cc3)ccc3ccccc23)c1. The van der Waals surface area contributed by atoms with Crippen LogP contribution in [0.15, 0.2) is 90.0 Å². The van der Waals surface area contributed by atoms with Gasteiger partial charge in [-0.3, -0.25) is 4.79 Å². The number of fused-ring (bicyclic) bond motifs is 1. The summed E-state index contributed by atoms with van der Waals surface area (Å²) in [4.78, 5) is 12.4. The minimum Gasteiger partial charge on any atom is -0.488 e. The Morgan fingerprint density at radius 1 is 1.00 bits per heavy atom. The largest absolute Gasteiger partial charge is 0.488 e. The van der Waals surface area contributed by atoms with Crippen molar-refractivity contribution in [2.45, 2.75) is 13.5 Å². The fourth-order valence-electron chi connectivity index (χ4n) is 3.28. The van der Waals surface area contributed by atoms with Gasteiger partial charge in [-0.1, -0.05) is 60.2 Å². The standard InChI is InChI=1S/C26H21FN2O2/c1-18-5-4-7-21(15-18)26(30)29-28-16-24-23-8-3-2-6-20(23)11-14-25(24)31-17-19-9-12-22(27)13-10-19/h2-16H,17H2,1H3,(H,29,30)/b28-16-. The average Bonchev–Trinajstić information content (AvgIpc) is 2.79. The van der Waals surface area contributed by atoms with Crippen molar-refractivity contribution in [2.24, 2.45) is 5.10 Å². The van der Waals surface area contributed by atoms with Gasteiger partial charge in [-0.25, -0.2) is 9.82 Å². The van der Waals surface area contributed by atoms with Crippen molar-refractivity contribution in [3.8, 4) is 5.75 Å². The zero-order valence-electron chi connectivity index (χ0n) is 17.0. The Morgan fingerprint density at radius 3 is 2.61 bits per heavy atom. The average molecular weight is 412 g/mol. The molecule has 0 fully saturated rings. The molecule has 0 unspecified atom stereocenters. The quantitative estimate of drug-likeness (QED) is 0.330. The van der Waals surface area contributed by atoms with Gasteiger partial charge in [0, 0.05) is 11.1 Å². The number of ether oxygens (including phenoxy) is 1. The molecule has 5 heteroatoms. The zero-order chi connectivity index (χ0) is 21.6. The summed E-state index contributed by atoms with van der Waals surface area (Å²) in [7, 11) is 0. The Balaban J connectivity index is 1.58. The molecule has 0 heterocycles. The minimum absolute atomic E-state index is 0.283. The lowest BCUT2D eigenvalue weighted by Crippen LogP contribution is -2.17. The third-order valence-corrected chi connectivity index (χ3v) is 4.88. The molecule has 154 valence electrons. The number of benzene rings is 4. The first-order valence-electron chi connectivity index (χ1n) is 9.89. The lowest BCUT2D eigenvalue weighted by atomic mass is 10.0. The van der Waals surface area contributed by atoms with Crippen LogP contribution in [-0.4, -0.2) is 12.1 Å². The number of halogens is 1. The highest BCUT2D eigenvalue weighted by Crippen LogP contribution is 2.27. The van der Waals surface area contributed by atoms with Gasteiger partial charge >= 0.3 is 0 Å². The smallest absolute Gasteiger partial charge is 0.271 e. The van der Waals surface area contributed by atoms with Crippen molar-refractivity contribution in [3.05, 3.63) is 113 Å². The predicted molar refractivity (Wildman–Crippen MR) is 121 cm³/mol. The van der Waals surface area contributed by atoms with Crippen LogP contribution >= 0.6 is 0 Å². The highest BCUT2D eigenvalue weighted by molar-refractivity contribution is 6.03. The summed E-state index contributed by atoms with van der Waals surface area (Å²) in [6.07, 6.45) is 1.59. The fraction of sp³-hybridized carbons (Fsp3) is 0.0769. The fourth-order valence-corrected chi connectivity index (χ4v) is 3.28. The van der Waals surface area contributed by atoms with E-state index >= 15 is 0 Å². The van der Waals surface area contributed by atoms with Crippen LogP contribution in [0.1, 0.15) is 27.0 Å². The van der Waals surface area contributed by atoms with Crippen molar-refractivity contribution >= 4 is 22.9 Å². The maximum absolute atomic E-state index is 13.1. The molecule has 0 atom stereocenters. The van der Waals surface area contributed by atoms with E-state index in [1.807, 2.05) is 55.5 Å². The van der Waals surface area contributed by atoms with Crippen LogP contribution in [-0.2, 0) is 6.61 Å². The second-order valence-electron chi connectivity index (χ2n) is 7.18. The summed E-state index contributed by atoms with van der Waals surface area (Å²) >= 11 is 0. The third-order valence-electron chi connectivity index (χ3n) is 4.88. The van der Waals surface area contributed by atoms with Crippen molar-refractivity contribution in [1.29, 1.82) is 0 Å². The third kappa shape index (κ3) is 4.95. The second kappa shape index (κ2) is 9.22. The molecule has 1 N–H and O–H groups in total. The molecule has 0 bridgehead atoms. The van der Waals surface area contributed by atoms with Gasteiger partial charge in [0.15, 0.2) is 0 Å². The number of nitrogens with zero attached hydrogens (tertiary/aromatic N) is 1. The van der Waals surface area contributed by atoms with E-state index in [2.05, 4.69) is 10.5 Å². The van der Waals surface area contributed by atoms with Gasteiger partial charge in [-0.15, -0.1) is 0 Å². The van der Waals surface area contributed by atoms with Gasteiger partial charge in [0.05, 0.1) is 6.21 Å². The number of amides is 1. The van der Waals surface area contributed by atoms with Crippen molar-refractivity contribution in [2.75, 3.05) is 0 Å². The highest BCUT2D eigenvalue weighted by atomic mass is 19.1. The number of hydrogen-bond donors (Lipinski definition) is 1. The van der Waals surface area contributed by atoms with E-state index in [1.165, 1.54) is 12.1 Å². The van der Waals surface area contributed by atoms with Crippen molar-refractivity contribution < 1.29 is 13.9 Å². The number of rotatable bonds is 6. The van der Waals surface area contributed by atoms with Crippen LogP contribution in [0.4, 0.5) is 4.39 Å². The Kier molecular flexibility index (Phi) is 6.03. The van der Waals surface area contributed by atoms with E-state index in [4.69, 9.17) is 4.74 Å². The molecule has 0 aliphatic heterocycles.